The molecule has 5 aromatic rings. The number of carbonyl (C=O) groups excluding carboxylic acids is 1. The van der Waals surface area contributed by atoms with E-state index in [0.29, 0.717) is 40.5 Å². The zero-order chi connectivity index (χ0) is 25.7. The maximum absolute atomic E-state index is 14.0. The van der Waals surface area contributed by atoms with Crippen molar-refractivity contribution in [1.29, 1.82) is 0 Å². The first-order chi connectivity index (χ1) is 17.9. The quantitative estimate of drug-likeness (QED) is 0.292. The molecule has 0 N–H and O–H groups in total. The molecule has 3 aromatic heterocycles. The van der Waals surface area contributed by atoms with Gasteiger partial charge in [0.25, 0.3) is 5.91 Å². The number of hydrogen-bond donors (Lipinski definition) is 0. The molecular formula is C29H23ClN4O3. The Bertz CT molecular complexity index is 1740. The van der Waals surface area contributed by atoms with E-state index in [1.165, 1.54) is 5.01 Å². The zero-order valence-corrected chi connectivity index (χ0v) is 21.1. The molecule has 0 aliphatic carbocycles. The first-order valence-electron chi connectivity index (χ1n) is 12.1. The Morgan fingerprint density at radius 2 is 1.89 bits per heavy atom. The number of para-hydroxylation sites is 1. The number of benzene rings is 2. The van der Waals surface area contributed by atoms with Crippen molar-refractivity contribution in [2.45, 2.75) is 32.9 Å². The minimum absolute atomic E-state index is 0.0496. The van der Waals surface area contributed by atoms with Gasteiger partial charge in [0.1, 0.15) is 22.5 Å². The highest BCUT2D eigenvalue weighted by atomic mass is 35.5. The molecule has 2 aromatic carbocycles. The third-order valence-electron chi connectivity index (χ3n) is 6.71. The topological polar surface area (TPSA) is 80.7 Å². The van der Waals surface area contributed by atoms with Crippen molar-refractivity contribution in [1.82, 2.24) is 14.6 Å². The minimum atomic E-state index is -0.472. The standard InChI is InChI=1S/C29H23ClN4O3/c1-3-33-16-22(27(35)21-13-8-17(2)31-28(21)33)29(36)34-24(18-9-11-20(30)12-10-18)15-23(32-34)26-14-19-6-4-5-7-25(19)37-26/h4-14,16,24H,3,15H2,1-2H3. The highest BCUT2D eigenvalue weighted by Gasteiger charge is 2.36. The number of hydrogen-bond acceptors (Lipinski definition) is 5. The maximum Gasteiger partial charge on any atom is 0.280 e. The average Bonchev–Trinajstić information content (AvgIpc) is 3.54. The van der Waals surface area contributed by atoms with E-state index in [-0.39, 0.29) is 11.0 Å². The van der Waals surface area contributed by atoms with Crippen molar-refractivity contribution in [3.05, 3.63) is 111 Å². The number of aryl methyl sites for hydroxylation is 2. The van der Waals surface area contributed by atoms with Gasteiger partial charge in [-0.25, -0.2) is 9.99 Å². The maximum atomic E-state index is 14.0. The number of hydrazone groups is 1. The van der Waals surface area contributed by atoms with Gasteiger partial charge in [0.15, 0.2) is 5.76 Å². The summed E-state index contributed by atoms with van der Waals surface area (Å²) in [6.07, 6.45) is 2.02. The molecule has 1 atom stereocenters. The average molecular weight is 511 g/mol. The van der Waals surface area contributed by atoms with Crippen LogP contribution in [-0.2, 0) is 6.54 Å². The smallest absolute Gasteiger partial charge is 0.280 e. The van der Waals surface area contributed by atoms with Crippen molar-refractivity contribution in [3.8, 4) is 0 Å². The summed E-state index contributed by atoms with van der Waals surface area (Å²) >= 11 is 6.13. The summed E-state index contributed by atoms with van der Waals surface area (Å²) in [5, 5.41) is 8.07. The van der Waals surface area contributed by atoms with Crippen LogP contribution in [0.15, 0.2) is 87.2 Å². The molecular weight excluding hydrogens is 488 g/mol. The van der Waals surface area contributed by atoms with E-state index in [0.717, 1.165) is 22.2 Å². The lowest BCUT2D eigenvalue weighted by Gasteiger charge is -2.22. The number of carbonyl (C=O) groups is 1. The summed E-state index contributed by atoms with van der Waals surface area (Å²) in [7, 11) is 0. The number of pyridine rings is 2. The third-order valence-corrected chi connectivity index (χ3v) is 6.97. The van der Waals surface area contributed by atoms with Crippen molar-refractivity contribution in [2.24, 2.45) is 5.10 Å². The largest absolute Gasteiger partial charge is 0.455 e. The van der Waals surface area contributed by atoms with Crippen LogP contribution < -0.4 is 5.43 Å². The van der Waals surface area contributed by atoms with Gasteiger partial charge in [0.05, 0.1) is 11.4 Å². The molecule has 0 fully saturated rings. The Hall–Kier alpha value is -4.23. The Morgan fingerprint density at radius 3 is 2.65 bits per heavy atom. The van der Waals surface area contributed by atoms with Crippen LogP contribution in [0, 0.1) is 6.92 Å². The lowest BCUT2D eigenvalue weighted by atomic mass is 10.0. The molecule has 4 heterocycles. The fourth-order valence-corrected chi connectivity index (χ4v) is 4.92. The van der Waals surface area contributed by atoms with E-state index in [2.05, 4.69) is 4.98 Å². The van der Waals surface area contributed by atoms with Crippen LogP contribution in [0.25, 0.3) is 22.0 Å². The van der Waals surface area contributed by atoms with Crippen LogP contribution in [-0.4, -0.2) is 26.2 Å². The van der Waals surface area contributed by atoms with Crippen LogP contribution in [0.5, 0.6) is 0 Å². The van der Waals surface area contributed by atoms with Crippen molar-refractivity contribution in [2.75, 3.05) is 0 Å². The normalized spacial score (nSPS) is 15.5. The van der Waals surface area contributed by atoms with Crippen molar-refractivity contribution >= 4 is 45.2 Å². The second-order valence-corrected chi connectivity index (χ2v) is 9.53. The van der Waals surface area contributed by atoms with E-state index in [1.54, 1.807) is 30.5 Å². The van der Waals surface area contributed by atoms with Gasteiger partial charge in [0, 0.05) is 35.3 Å². The van der Waals surface area contributed by atoms with Crippen LogP contribution in [0.3, 0.4) is 0 Å². The summed E-state index contributed by atoms with van der Waals surface area (Å²) in [5.41, 5.74) is 3.30. The van der Waals surface area contributed by atoms with Gasteiger partial charge in [-0.3, -0.25) is 9.59 Å². The van der Waals surface area contributed by atoms with Crippen LogP contribution in [0.2, 0.25) is 5.02 Å². The molecule has 184 valence electrons. The van der Waals surface area contributed by atoms with Crippen LogP contribution in [0.4, 0.5) is 0 Å². The molecule has 0 saturated carbocycles. The highest BCUT2D eigenvalue weighted by Crippen LogP contribution is 2.35. The molecule has 1 amide bonds. The van der Waals surface area contributed by atoms with E-state index in [4.69, 9.17) is 21.1 Å². The third kappa shape index (κ3) is 4.01. The molecule has 0 saturated heterocycles. The Balaban J connectivity index is 1.48. The number of amides is 1. The predicted octanol–water partition coefficient (Wildman–Crippen LogP) is 6.12. The summed E-state index contributed by atoms with van der Waals surface area (Å²) < 4.78 is 7.88. The number of nitrogens with zero attached hydrogens (tertiary/aromatic N) is 4. The fourth-order valence-electron chi connectivity index (χ4n) is 4.79. The molecule has 6 rings (SSSR count). The van der Waals surface area contributed by atoms with E-state index >= 15 is 0 Å². The van der Waals surface area contributed by atoms with Gasteiger partial charge in [-0.15, -0.1) is 0 Å². The van der Waals surface area contributed by atoms with Gasteiger partial charge in [-0.05, 0) is 55.8 Å². The summed E-state index contributed by atoms with van der Waals surface area (Å²) in [6.45, 7) is 4.38. The lowest BCUT2D eigenvalue weighted by molar-refractivity contribution is 0.0709. The Morgan fingerprint density at radius 1 is 1.11 bits per heavy atom. The summed E-state index contributed by atoms with van der Waals surface area (Å²) in [4.78, 5) is 32.0. The number of rotatable bonds is 4. The second-order valence-electron chi connectivity index (χ2n) is 9.10. The van der Waals surface area contributed by atoms with Crippen molar-refractivity contribution < 1.29 is 9.21 Å². The number of furan rings is 1. The van der Waals surface area contributed by atoms with Gasteiger partial charge in [0.2, 0.25) is 5.43 Å². The SMILES string of the molecule is CCn1cc(C(=O)N2N=C(c3cc4ccccc4o3)CC2c2ccc(Cl)cc2)c(=O)c2ccc(C)nc21. The van der Waals surface area contributed by atoms with Crippen molar-refractivity contribution in [3.63, 3.8) is 0 Å². The molecule has 8 heteroatoms. The van der Waals surface area contributed by atoms with Crippen LogP contribution in [0.1, 0.15) is 46.8 Å². The summed E-state index contributed by atoms with van der Waals surface area (Å²) in [5.74, 6) is 0.125. The Kier molecular flexibility index (Phi) is 5.65. The Labute approximate surface area is 217 Å². The molecule has 0 spiro atoms. The minimum Gasteiger partial charge on any atom is -0.455 e. The summed E-state index contributed by atoms with van der Waals surface area (Å²) in [6, 6.07) is 20.1. The number of halogens is 1. The van der Waals surface area contributed by atoms with E-state index in [9.17, 15) is 9.59 Å². The predicted molar refractivity (Wildman–Crippen MR) is 144 cm³/mol. The van der Waals surface area contributed by atoms with Gasteiger partial charge >= 0.3 is 0 Å². The second kappa shape index (κ2) is 9.01. The monoisotopic (exact) mass is 510 g/mol. The number of fused-ring (bicyclic) bond motifs is 2. The molecule has 1 aliphatic rings. The molecule has 7 nitrogen and oxygen atoms in total. The highest BCUT2D eigenvalue weighted by molar-refractivity contribution is 6.30. The van der Waals surface area contributed by atoms with Gasteiger partial charge in [-0.1, -0.05) is 41.9 Å². The van der Waals surface area contributed by atoms with Gasteiger partial charge in [-0.2, -0.15) is 5.10 Å². The first-order valence-corrected chi connectivity index (χ1v) is 12.5. The molecule has 1 aliphatic heterocycles. The number of aromatic nitrogens is 2. The molecule has 37 heavy (non-hydrogen) atoms. The van der Waals surface area contributed by atoms with Gasteiger partial charge < -0.3 is 8.98 Å². The first kappa shape index (κ1) is 23.2. The van der Waals surface area contributed by atoms with E-state index < -0.39 is 11.9 Å². The fraction of sp³-hybridized carbons (Fsp3) is 0.172. The molecule has 1 unspecified atom stereocenters. The van der Waals surface area contributed by atoms with Crippen LogP contribution >= 0.6 is 11.6 Å². The molecule has 0 radical (unpaired) electrons. The zero-order valence-electron chi connectivity index (χ0n) is 20.3. The molecule has 0 bridgehead atoms. The lowest BCUT2D eigenvalue weighted by Crippen LogP contribution is -2.32. The van der Waals surface area contributed by atoms with E-state index in [1.807, 2.05) is 60.9 Å².